The van der Waals surface area contributed by atoms with Crippen LogP contribution in [0.2, 0.25) is 0 Å². The summed E-state index contributed by atoms with van der Waals surface area (Å²) in [5, 5.41) is 8.65. The van der Waals surface area contributed by atoms with Crippen molar-refractivity contribution in [2.75, 3.05) is 32.1 Å². The van der Waals surface area contributed by atoms with Crippen molar-refractivity contribution in [2.24, 2.45) is 0 Å². The molecule has 0 saturated heterocycles. The quantitative estimate of drug-likeness (QED) is 0.618. The first-order chi connectivity index (χ1) is 10.2. The van der Waals surface area contributed by atoms with Crippen molar-refractivity contribution in [2.45, 2.75) is 18.9 Å². The van der Waals surface area contributed by atoms with E-state index in [9.17, 15) is 9.59 Å². The molecule has 3 N–H and O–H groups in total. The maximum absolute atomic E-state index is 11.8. The predicted octanol–water partition coefficient (Wildman–Crippen LogP) is 0.753. The summed E-state index contributed by atoms with van der Waals surface area (Å²) in [5.41, 5.74) is 1.29. The Morgan fingerprint density at radius 3 is 2.57 bits per heavy atom. The highest BCUT2D eigenvalue weighted by Crippen LogP contribution is 2.19. The lowest BCUT2D eigenvalue weighted by Gasteiger charge is -2.08. The zero-order valence-electron chi connectivity index (χ0n) is 12.1. The molecule has 2 rings (SSSR count). The average Bonchev–Trinajstić information content (AvgIpc) is 3.28. The second kappa shape index (κ2) is 7.75. The molecular weight excluding hydrogens is 270 g/mol. The Morgan fingerprint density at radius 1 is 1.24 bits per heavy atom. The number of methoxy groups -OCH3 is 1. The van der Waals surface area contributed by atoms with Crippen LogP contribution in [-0.4, -0.2) is 44.7 Å². The number of benzene rings is 1. The van der Waals surface area contributed by atoms with Gasteiger partial charge in [-0.25, -0.2) is 0 Å². The summed E-state index contributed by atoms with van der Waals surface area (Å²) in [4.78, 5) is 23.5. The van der Waals surface area contributed by atoms with Gasteiger partial charge in [-0.2, -0.15) is 0 Å². The van der Waals surface area contributed by atoms with E-state index in [4.69, 9.17) is 4.74 Å². The summed E-state index contributed by atoms with van der Waals surface area (Å²) < 4.78 is 4.88. The molecule has 1 fully saturated rings. The third-order valence-electron chi connectivity index (χ3n) is 3.11. The smallest absolute Gasteiger partial charge is 0.251 e. The van der Waals surface area contributed by atoms with E-state index in [2.05, 4.69) is 16.0 Å². The molecule has 1 aliphatic rings. The van der Waals surface area contributed by atoms with E-state index in [-0.39, 0.29) is 18.4 Å². The molecule has 0 radical (unpaired) electrons. The summed E-state index contributed by atoms with van der Waals surface area (Å²) >= 11 is 0. The summed E-state index contributed by atoms with van der Waals surface area (Å²) in [6.45, 7) is 1.43. The van der Waals surface area contributed by atoms with Gasteiger partial charge in [-0.15, -0.1) is 0 Å². The fourth-order valence-electron chi connectivity index (χ4n) is 1.78. The number of amides is 2. The Labute approximate surface area is 124 Å². The molecule has 6 nitrogen and oxygen atoms in total. The van der Waals surface area contributed by atoms with Crippen LogP contribution in [-0.2, 0) is 9.53 Å². The van der Waals surface area contributed by atoms with Crippen LogP contribution in [0.4, 0.5) is 5.69 Å². The molecule has 114 valence electrons. The van der Waals surface area contributed by atoms with Crippen molar-refractivity contribution in [3.8, 4) is 0 Å². The van der Waals surface area contributed by atoms with Gasteiger partial charge in [0.1, 0.15) is 0 Å². The first-order valence-corrected chi connectivity index (χ1v) is 7.09. The number of carbonyl (C=O) groups excluding carboxylic acids is 2. The number of anilines is 1. The minimum atomic E-state index is -0.124. The largest absolute Gasteiger partial charge is 0.383 e. The number of ether oxygens (including phenoxy) is 1. The zero-order valence-corrected chi connectivity index (χ0v) is 12.1. The van der Waals surface area contributed by atoms with Crippen LogP contribution in [0.25, 0.3) is 0 Å². The minimum absolute atomic E-state index is 0.0587. The Hall–Kier alpha value is -1.92. The first kappa shape index (κ1) is 15.5. The van der Waals surface area contributed by atoms with E-state index in [0.717, 1.165) is 12.8 Å². The monoisotopic (exact) mass is 291 g/mol. The van der Waals surface area contributed by atoms with E-state index in [0.29, 0.717) is 30.4 Å². The van der Waals surface area contributed by atoms with Gasteiger partial charge in [0.2, 0.25) is 5.91 Å². The summed E-state index contributed by atoms with van der Waals surface area (Å²) in [7, 11) is 1.61. The molecule has 6 heteroatoms. The van der Waals surface area contributed by atoms with Crippen LogP contribution >= 0.6 is 0 Å². The number of hydrogen-bond acceptors (Lipinski definition) is 4. The molecule has 1 aliphatic carbocycles. The molecule has 21 heavy (non-hydrogen) atoms. The third kappa shape index (κ3) is 5.53. The van der Waals surface area contributed by atoms with E-state index >= 15 is 0 Å². The predicted molar refractivity (Wildman–Crippen MR) is 80.3 cm³/mol. The standard InChI is InChI=1S/C15H21N3O3/c1-21-9-8-16-10-14(19)17-12-4-2-11(3-5-12)15(20)18-13-6-7-13/h2-5,13,16H,6-10H2,1H3,(H,17,19)(H,18,20). The second-order valence-corrected chi connectivity index (χ2v) is 5.04. The SMILES string of the molecule is COCCNCC(=O)Nc1ccc(C(=O)NC2CC2)cc1. The van der Waals surface area contributed by atoms with E-state index < -0.39 is 0 Å². The fourth-order valence-corrected chi connectivity index (χ4v) is 1.78. The molecule has 0 spiro atoms. The lowest BCUT2D eigenvalue weighted by atomic mass is 10.2. The Balaban J connectivity index is 1.75. The molecule has 0 heterocycles. The lowest BCUT2D eigenvalue weighted by Crippen LogP contribution is -2.30. The molecule has 1 aromatic rings. The van der Waals surface area contributed by atoms with Crippen LogP contribution in [0.1, 0.15) is 23.2 Å². The van der Waals surface area contributed by atoms with Crippen LogP contribution in [0.15, 0.2) is 24.3 Å². The second-order valence-electron chi connectivity index (χ2n) is 5.04. The highest BCUT2D eigenvalue weighted by Gasteiger charge is 2.23. The molecule has 0 atom stereocenters. The van der Waals surface area contributed by atoms with Crippen molar-refractivity contribution < 1.29 is 14.3 Å². The maximum Gasteiger partial charge on any atom is 0.251 e. The molecular formula is C15H21N3O3. The van der Waals surface area contributed by atoms with Crippen LogP contribution < -0.4 is 16.0 Å². The van der Waals surface area contributed by atoms with Crippen molar-refractivity contribution in [1.29, 1.82) is 0 Å². The highest BCUT2D eigenvalue weighted by atomic mass is 16.5. The Morgan fingerprint density at radius 2 is 1.95 bits per heavy atom. The van der Waals surface area contributed by atoms with Gasteiger partial charge in [0.15, 0.2) is 0 Å². The molecule has 0 aliphatic heterocycles. The minimum Gasteiger partial charge on any atom is -0.383 e. The van der Waals surface area contributed by atoms with E-state index in [1.165, 1.54) is 0 Å². The van der Waals surface area contributed by atoms with E-state index in [1.807, 2.05) is 0 Å². The zero-order chi connectivity index (χ0) is 15.1. The van der Waals surface area contributed by atoms with Crippen LogP contribution in [0.3, 0.4) is 0 Å². The van der Waals surface area contributed by atoms with Crippen molar-refractivity contribution >= 4 is 17.5 Å². The van der Waals surface area contributed by atoms with Crippen molar-refractivity contribution in [3.63, 3.8) is 0 Å². The molecule has 1 aromatic carbocycles. The van der Waals surface area contributed by atoms with Crippen molar-refractivity contribution in [1.82, 2.24) is 10.6 Å². The molecule has 2 amide bonds. The van der Waals surface area contributed by atoms with E-state index in [1.54, 1.807) is 31.4 Å². The van der Waals surface area contributed by atoms with Gasteiger partial charge in [0.05, 0.1) is 13.2 Å². The van der Waals surface area contributed by atoms with Gasteiger partial charge in [-0.3, -0.25) is 9.59 Å². The highest BCUT2D eigenvalue weighted by molar-refractivity contribution is 5.96. The summed E-state index contributed by atoms with van der Waals surface area (Å²) in [6, 6.07) is 7.23. The van der Waals surface area contributed by atoms with Gasteiger partial charge in [0, 0.05) is 30.9 Å². The molecule has 0 unspecified atom stereocenters. The third-order valence-corrected chi connectivity index (χ3v) is 3.11. The molecule has 0 aromatic heterocycles. The van der Waals surface area contributed by atoms with Crippen molar-refractivity contribution in [3.05, 3.63) is 29.8 Å². The topological polar surface area (TPSA) is 79.5 Å². The van der Waals surface area contributed by atoms with Gasteiger partial charge >= 0.3 is 0 Å². The summed E-state index contributed by atoms with van der Waals surface area (Å²) in [6.07, 6.45) is 2.13. The van der Waals surface area contributed by atoms with Crippen LogP contribution in [0.5, 0.6) is 0 Å². The fraction of sp³-hybridized carbons (Fsp3) is 0.467. The number of rotatable bonds is 8. The number of nitrogens with one attached hydrogen (secondary N) is 3. The van der Waals surface area contributed by atoms with Gasteiger partial charge in [-0.05, 0) is 37.1 Å². The average molecular weight is 291 g/mol. The molecule has 0 bridgehead atoms. The van der Waals surface area contributed by atoms with Crippen LogP contribution in [0, 0.1) is 0 Å². The van der Waals surface area contributed by atoms with Gasteiger partial charge < -0.3 is 20.7 Å². The first-order valence-electron chi connectivity index (χ1n) is 7.09. The number of hydrogen-bond donors (Lipinski definition) is 3. The normalized spacial score (nSPS) is 13.8. The van der Waals surface area contributed by atoms with Gasteiger partial charge in [0.25, 0.3) is 5.91 Å². The molecule has 1 saturated carbocycles. The number of carbonyl (C=O) groups is 2. The maximum atomic E-state index is 11.8. The van der Waals surface area contributed by atoms with Gasteiger partial charge in [-0.1, -0.05) is 0 Å². The summed E-state index contributed by atoms with van der Waals surface area (Å²) in [5.74, 6) is -0.183. The lowest BCUT2D eigenvalue weighted by molar-refractivity contribution is -0.115. The Bertz CT molecular complexity index is 483. The Kier molecular flexibility index (Phi) is 5.71.